The Morgan fingerprint density at radius 3 is 2.46 bits per heavy atom. The summed E-state index contributed by atoms with van der Waals surface area (Å²) in [5.41, 5.74) is 1.37. The molecule has 0 aliphatic rings. The smallest absolute Gasteiger partial charge is 0.243 e. The van der Waals surface area contributed by atoms with Gasteiger partial charge in [0.15, 0.2) is 0 Å². The lowest BCUT2D eigenvalue weighted by atomic mass is 10.1. The number of methoxy groups -OCH3 is 1. The van der Waals surface area contributed by atoms with Crippen LogP contribution < -0.4 is 4.74 Å². The summed E-state index contributed by atoms with van der Waals surface area (Å²) in [5, 5.41) is 0. The Kier molecular flexibility index (Phi) is 5.81. The summed E-state index contributed by atoms with van der Waals surface area (Å²) >= 11 is 0. The van der Waals surface area contributed by atoms with E-state index in [0.717, 1.165) is 11.6 Å². The van der Waals surface area contributed by atoms with E-state index in [9.17, 15) is 12.8 Å². The second-order valence-corrected chi connectivity index (χ2v) is 8.28. The minimum Gasteiger partial charge on any atom is -0.497 e. The summed E-state index contributed by atoms with van der Waals surface area (Å²) in [4.78, 5) is 4.15. The molecule has 1 aromatic heterocycles. The van der Waals surface area contributed by atoms with Crippen molar-refractivity contribution in [3.05, 3.63) is 66.4 Å². The Labute approximate surface area is 164 Å². The van der Waals surface area contributed by atoms with Gasteiger partial charge in [-0.3, -0.25) is 0 Å². The van der Waals surface area contributed by atoms with Gasteiger partial charge in [-0.2, -0.15) is 4.31 Å². The number of rotatable bonds is 7. The number of sulfonamides is 1. The van der Waals surface area contributed by atoms with Gasteiger partial charge in [-0.1, -0.05) is 19.1 Å². The maximum absolute atomic E-state index is 14.3. The van der Waals surface area contributed by atoms with Gasteiger partial charge in [0.1, 0.15) is 11.6 Å². The van der Waals surface area contributed by atoms with Gasteiger partial charge in [0.05, 0.1) is 24.0 Å². The van der Waals surface area contributed by atoms with Gasteiger partial charge in [0.2, 0.25) is 10.0 Å². The minimum absolute atomic E-state index is 0.0323. The molecule has 2 aromatic carbocycles. The van der Waals surface area contributed by atoms with Gasteiger partial charge in [0.25, 0.3) is 0 Å². The maximum Gasteiger partial charge on any atom is 0.243 e. The van der Waals surface area contributed by atoms with Crippen LogP contribution in [-0.2, 0) is 23.6 Å². The fourth-order valence-electron chi connectivity index (χ4n) is 2.86. The van der Waals surface area contributed by atoms with Crippen LogP contribution in [0.5, 0.6) is 5.75 Å². The standard InChI is InChI=1S/C20H22FN3O3S/c1-4-24(12-15-5-7-16(27-3)8-6-15)28(25,26)17-9-10-19(21)18(11-17)20-13-23(2)14-22-20/h5-11,13-14H,4,12H2,1-3H3. The Balaban J connectivity index is 1.93. The summed E-state index contributed by atoms with van der Waals surface area (Å²) in [6.45, 7) is 2.26. The Morgan fingerprint density at radius 1 is 1.18 bits per heavy atom. The van der Waals surface area contributed by atoms with Crippen LogP contribution in [0.1, 0.15) is 12.5 Å². The van der Waals surface area contributed by atoms with Crippen molar-refractivity contribution in [3.8, 4) is 17.0 Å². The first-order valence-corrected chi connectivity index (χ1v) is 10.2. The molecule has 0 amide bonds. The number of hydrogen-bond acceptors (Lipinski definition) is 4. The van der Waals surface area contributed by atoms with Crippen LogP contribution in [0.3, 0.4) is 0 Å². The quantitative estimate of drug-likeness (QED) is 0.606. The Bertz CT molecular complexity index is 1060. The molecule has 28 heavy (non-hydrogen) atoms. The molecule has 0 aliphatic heterocycles. The summed E-state index contributed by atoms with van der Waals surface area (Å²) in [6, 6.07) is 11.0. The lowest BCUT2D eigenvalue weighted by Crippen LogP contribution is -2.30. The lowest BCUT2D eigenvalue weighted by Gasteiger charge is -2.21. The average Bonchev–Trinajstić information content (AvgIpc) is 3.12. The van der Waals surface area contributed by atoms with Crippen LogP contribution >= 0.6 is 0 Å². The van der Waals surface area contributed by atoms with Crippen molar-refractivity contribution in [1.29, 1.82) is 0 Å². The summed E-state index contributed by atoms with van der Waals surface area (Å²) in [7, 11) is -0.463. The average molecular weight is 403 g/mol. The summed E-state index contributed by atoms with van der Waals surface area (Å²) < 4.78 is 48.7. The van der Waals surface area contributed by atoms with Gasteiger partial charge in [-0.25, -0.2) is 17.8 Å². The van der Waals surface area contributed by atoms with E-state index in [2.05, 4.69) is 4.98 Å². The molecule has 0 saturated heterocycles. The van der Waals surface area contributed by atoms with Gasteiger partial charge in [0, 0.05) is 31.9 Å². The summed E-state index contributed by atoms with van der Waals surface area (Å²) in [6.07, 6.45) is 3.18. The van der Waals surface area contributed by atoms with E-state index in [1.54, 1.807) is 44.0 Å². The SMILES string of the molecule is CCN(Cc1ccc(OC)cc1)S(=O)(=O)c1ccc(F)c(-c2cn(C)cn2)c1. The van der Waals surface area contributed by atoms with Gasteiger partial charge in [-0.05, 0) is 35.9 Å². The molecule has 0 aliphatic carbocycles. The molecular formula is C20H22FN3O3S. The monoisotopic (exact) mass is 403 g/mol. The van der Waals surface area contributed by atoms with Crippen molar-refractivity contribution in [1.82, 2.24) is 13.9 Å². The van der Waals surface area contributed by atoms with Crippen LogP contribution in [0.25, 0.3) is 11.3 Å². The van der Waals surface area contributed by atoms with E-state index in [0.29, 0.717) is 11.4 Å². The molecule has 0 fully saturated rings. The van der Waals surface area contributed by atoms with Crippen LogP contribution in [0.15, 0.2) is 59.9 Å². The molecule has 1 heterocycles. The number of ether oxygens (including phenoxy) is 1. The zero-order valence-corrected chi connectivity index (χ0v) is 16.8. The van der Waals surface area contributed by atoms with E-state index >= 15 is 0 Å². The predicted molar refractivity (Wildman–Crippen MR) is 105 cm³/mol. The fourth-order valence-corrected chi connectivity index (χ4v) is 4.33. The number of aromatic nitrogens is 2. The molecule has 0 N–H and O–H groups in total. The van der Waals surface area contributed by atoms with Gasteiger partial charge < -0.3 is 9.30 Å². The third kappa shape index (κ3) is 4.07. The van der Waals surface area contributed by atoms with Crippen molar-refractivity contribution in [3.63, 3.8) is 0 Å². The van der Waals surface area contributed by atoms with Crippen molar-refractivity contribution in [2.75, 3.05) is 13.7 Å². The highest BCUT2D eigenvalue weighted by Crippen LogP contribution is 2.27. The highest BCUT2D eigenvalue weighted by Gasteiger charge is 2.25. The number of hydrogen-bond donors (Lipinski definition) is 0. The molecule has 0 spiro atoms. The number of halogens is 1. The molecule has 3 rings (SSSR count). The maximum atomic E-state index is 14.3. The highest BCUT2D eigenvalue weighted by atomic mass is 32.2. The second kappa shape index (κ2) is 8.12. The first-order valence-electron chi connectivity index (χ1n) is 8.76. The zero-order chi connectivity index (χ0) is 20.3. The third-order valence-electron chi connectivity index (χ3n) is 4.43. The molecule has 6 nitrogen and oxygen atoms in total. The number of benzene rings is 2. The Hall–Kier alpha value is -2.71. The van der Waals surface area contributed by atoms with Crippen LogP contribution in [0.4, 0.5) is 4.39 Å². The van der Waals surface area contributed by atoms with Gasteiger partial charge >= 0.3 is 0 Å². The van der Waals surface area contributed by atoms with Gasteiger partial charge in [-0.15, -0.1) is 0 Å². The third-order valence-corrected chi connectivity index (χ3v) is 6.34. The van der Waals surface area contributed by atoms with E-state index in [4.69, 9.17) is 4.74 Å². The molecule has 0 saturated carbocycles. The van der Waals surface area contributed by atoms with Crippen molar-refractivity contribution >= 4 is 10.0 Å². The largest absolute Gasteiger partial charge is 0.497 e. The van der Waals surface area contributed by atoms with E-state index < -0.39 is 15.8 Å². The fraction of sp³-hybridized carbons (Fsp3) is 0.250. The van der Waals surface area contributed by atoms with Crippen molar-refractivity contribution < 1.29 is 17.5 Å². The molecule has 3 aromatic rings. The molecule has 148 valence electrons. The van der Waals surface area contributed by atoms with E-state index in [-0.39, 0.29) is 23.5 Å². The summed E-state index contributed by atoms with van der Waals surface area (Å²) in [5.74, 6) is 0.184. The molecule has 0 radical (unpaired) electrons. The lowest BCUT2D eigenvalue weighted by molar-refractivity contribution is 0.412. The van der Waals surface area contributed by atoms with E-state index in [1.807, 2.05) is 12.1 Å². The Morgan fingerprint density at radius 2 is 1.89 bits per heavy atom. The van der Waals surface area contributed by atoms with Crippen molar-refractivity contribution in [2.45, 2.75) is 18.4 Å². The van der Waals surface area contributed by atoms with Crippen LogP contribution in [0, 0.1) is 5.82 Å². The molecule has 0 bridgehead atoms. The number of nitrogens with zero attached hydrogens (tertiary/aromatic N) is 3. The normalized spacial score (nSPS) is 11.8. The second-order valence-electron chi connectivity index (χ2n) is 6.35. The first-order chi connectivity index (χ1) is 13.3. The molecule has 8 heteroatoms. The topological polar surface area (TPSA) is 64.4 Å². The van der Waals surface area contributed by atoms with Crippen LogP contribution in [0.2, 0.25) is 0 Å². The number of aryl methyl sites for hydroxylation is 1. The first kappa shape index (κ1) is 20.0. The number of imidazole rings is 1. The molecule has 0 atom stereocenters. The molecular weight excluding hydrogens is 381 g/mol. The predicted octanol–water partition coefficient (Wildman–Crippen LogP) is 3.45. The minimum atomic E-state index is -3.80. The van der Waals surface area contributed by atoms with Crippen LogP contribution in [-0.4, -0.2) is 35.9 Å². The van der Waals surface area contributed by atoms with E-state index in [1.165, 1.54) is 22.8 Å². The zero-order valence-electron chi connectivity index (χ0n) is 16.0. The molecule has 0 unspecified atom stereocenters. The highest BCUT2D eigenvalue weighted by molar-refractivity contribution is 7.89. The van der Waals surface area contributed by atoms with Crippen molar-refractivity contribution in [2.24, 2.45) is 7.05 Å².